The van der Waals surface area contributed by atoms with Gasteiger partial charge in [-0.2, -0.15) is 0 Å². The molecular weight excluding hydrogens is 144 g/mol. The van der Waals surface area contributed by atoms with Crippen LogP contribution >= 0.6 is 0 Å². The summed E-state index contributed by atoms with van der Waals surface area (Å²) in [5.74, 6) is 0.295. The molecule has 0 spiro atoms. The Morgan fingerprint density at radius 1 is 1.50 bits per heavy atom. The van der Waals surface area contributed by atoms with Crippen molar-refractivity contribution in [3.8, 4) is 0 Å². The van der Waals surface area contributed by atoms with Crippen molar-refractivity contribution in [1.82, 2.24) is 0 Å². The molecule has 0 rings (SSSR count). The fourth-order valence-corrected chi connectivity index (χ4v) is 0.598. The largest absolute Gasteiger partial charge is 0.502 e. The van der Waals surface area contributed by atoms with Crippen molar-refractivity contribution in [1.29, 1.82) is 0 Å². The lowest BCUT2D eigenvalue weighted by atomic mass is 9.89. The van der Waals surface area contributed by atoms with Crippen LogP contribution in [0.25, 0.3) is 0 Å². The van der Waals surface area contributed by atoms with Gasteiger partial charge in [-0.15, -0.1) is 5.98 Å². The number of hydrogen-bond donors (Lipinski definition) is 0. The first-order valence-electron chi connectivity index (χ1n) is 2.83. The lowest BCUT2D eigenvalue weighted by Crippen LogP contribution is -2.12. The molecule has 0 fully saturated rings. The summed E-state index contributed by atoms with van der Waals surface area (Å²) in [6.45, 7) is -3.37. The third-order valence-corrected chi connectivity index (χ3v) is 0.846. The van der Waals surface area contributed by atoms with E-state index >= 15 is 0 Å². The Kier molecular flexibility index (Phi) is 3.49. The predicted octanol–water partition coefficient (Wildman–Crippen LogP) is 1.97. The van der Waals surface area contributed by atoms with Gasteiger partial charge < -0.3 is 17.7 Å². The van der Waals surface area contributed by atoms with Gasteiger partial charge in [-0.1, -0.05) is 5.57 Å². The van der Waals surface area contributed by atoms with Crippen LogP contribution in [0.15, 0.2) is 11.5 Å². The molecular formula is C5H9BF3O-. The molecule has 0 atom stereocenters. The highest BCUT2D eigenvalue weighted by Crippen LogP contribution is 2.12. The van der Waals surface area contributed by atoms with Gasteiger partial charge in [-0.3, -0.25) is 0 Å². The van der Waals surface area contributed by atoms with Gasteiger partial charge in [0.05, 0.1) is 6.61 Å². The van der Waals surface area contributed by atoms with Crippen LogP contribution in [0.4, 0.5) is 12.9 Å². The van der Waals surface area contributed by atoms with Gasteiger partial charge in [0.15, 0.2) is 0 Å². The van der Waals surface area contributed by atoms with Crippen LogP contribution in [-0.2, 0) is 4.74 Å². The topological polar surface area (TPSA) is 9.23 Å². The van der Waals surface area contributed by atoms with E-state index in [9.17, 15) is 12.9 Å². The van der Waals surface area contributed by atoms with E-state index in [1.165, 1.54) is 14.0 Å². The van der Waals surface area contributed by atoms with E-state index in [1.54, 1.807) is 0 Å². The zero-order valence-electron chi connectivity index (χ0n) is 5.90. The van der Waals surface area contributed by atoms with Crippen molar-refractivity contribution in [2.24, 2.45) is 0 Å². The molecule has 0 amide bonds. The Labute approximate surface area is 57.9 Å². The Morgan fingerprint density at radius 3 is 2.30 bits per heavy atom. The summed E-state index contributed by atoms with van der Waals surface area (Å²) >= 11 is 0. The molecule has 60 valence electrons. The second-order valence-corrected chi connectivity index (χ2v) is 2.07. The predicted molar refractivity (Wildman–Crippen MR) is 34.7 cm³/mol. The van der Waals surface area contributed by atoms with Gasteiger partial charge in [-0.25, -0.2) is 0 Å². The van der Waals surface area contributed by atoms with E-state index in [0.717, 1.165) is 0 Å². The summed E-state index contributed by atoms with van der Waals surface area (Å²) in [5.41, 5.74) is 0.204. The van der Waals surface area contributed by atoms with Crippen LogP contribution in [0.2, 0.25) is 0 Å². The van der Waals surface area contributed by atoms with Crippen molar-refractivity contribution >= 4 is 6.98 Å². The molecule has 0 bridgehead atoms. The molecule has 0 aliphatic heterocycles. The SMILES string of the molecule is COC/C(C)=C/[B-](F)(F)F. The third-order valence-electron chi connectivity index (χ3n) is 0.846. The van der Waals surface area contributed by atoms with Crippen molar-refractivity contribution in [3.05, 3.63) is 11.5 Å². The van der Waals surface area contributed by atoms with E-state index in [4.69, 9.17) is 0 Å². The summed E-state index contributed by atoms with van der Waals surface area (Å²) in [5, 5.41) is 0. The molecule has 1 nitrogen and oxygen atoms in total. The highest BCUT2D eigenvalue weighted by Gasteiger charge is 2.18. The molecule has 0 aromatic rings. The fraction of sp³-hybridized carbons (Fsp3) is 0.600. The molecule has 5 heteroatoms. The van der Waals surface area contributed by atoms with E-state index < -0.39 is 6.98 Å². The molecule has 0 aliphatic carbocycles. The molecule has 0 saturated carbocycles. The Bertz CT molecular complexity index is 129. The molecule has 0 heterocycles. The Hall–Kier alpha value is -0.445. The van der Waals surface area contributed by atoms with Crippen LogP contribution in [-0.4, -0.2) is 20.7 Å². The second kappa shape index (κ2) is 3.66. The third kappa shape index (κ3) is 5.69. The normalized spacial score (nSPS) is 13.9. The van der Waals surface area contributed by atoms with Crippen LogP contribution in [0.5, 0.6) is 0 Å². The maximum Gasteiger partial charge on any atom is 0.502 e. The first-order chi connectivity index (χ1) is 4.45. The summed E-state index contributed by atoms with van der Waals surface area (Å²) in [7, 11) is 1.36. The minimum atomic E-state index is -4.80. The molecule has 0 aromatic carbocycles. The lowest BCUT2D eigenvalue weighted by Gasteiger charge is -2.09. The van der Waals surface area contributed by atoms with Crippen molar-refractivity contribution in [2.45, 2.75) is 6.92 Å². The number of ether oxygens (including phenoxy) is 1. The highest BCUT2D eigenvalue weighted by atomic mass is 19.4. The minimum absolute atomic E-state index is 0.0429. The zero-order chi connectivity index (χ0) is 8.20. The van der Waals surface area contributed by atoms with Crippen LogP contribution in [0, 0.1) is 0 Å². The molecule has 10 heavy (non-hydrogen) atoms. The van der Waals surface area contributed by atoms with Crippen molar-refractivity contribution in [3.63, 3.8) is 0 Å². The maximum atomic E-state index is 11.6. The van der Waals surface area contributed by atoms with Crippen LogP contribution < -0.4 is 0 Å². The van der Waals surface area contributed by atoms with Crippen molar-refractivity contribution < 1.29 is 17.7 Å². The first kappa shape index (κ1) is 9.55. The lowest BCUT2D eigenvalue weighted by molar-refractivity contribution is 0.225. The van der Waals surface area contributed by atoms with E-state index in [0.29, 0.717) is 5.98 Å². The van der Waals surface area contributed by atoms with Crippen LogP contribution in [0.1, 0.15) is 6.92 Å². The molecule has 0 N–H and O–H groups in total. The van der Waals surface area contributed by atoms with Gasteiger partial charge in [0.1, 0.15) is 0 Å². The first-order valence-corrected chi connectivity index (χ1v) is 2.83. The van der Waals surface area contributed by atoms with E-state index in [2.05, 4.69) is 4.74 Å². The Balaban J connectivity index is 3.90. The summed E-state index contributed by atoms with van der Waals surface area (Å²) in [4.78, 5) is 0. The summed E-state index contributed by atoms with van der Waals surface area (Å²) in [6, 6.07) is 0. The van der Waals surface area contributed by atoms with Gasteiger partial charge in [0.25, 0.3) is 0 Å². The molecule has 0 aromatic heterocycles. The average molecular weight is 153 g/mol. The quantitative estimate of drug-likeness (QED) is 0.563. The number of halogens is 3. The average Bonchev–Trinajstić information content (AvgIpc) is 1.59. The fourth-order valence-electron chi connectivity index (χ4n) is 0.598. The molecule has 0 unspecified atom stereocenters. The maximum absolute atomic E-state index is 11.6. The minimum Gasteiger partial charge on any atom is -0.445 e. The molecule has 0 aliphatic rings. The van der Waals surface area contributed by atoms with Crippen molar-refractivity contribution in [2.75, 3.05) is 13.7 Å². The molecule has 0 saturated heterocycles. The standard InChI is InChI=1S/C5H9BF3O/c1-5(4-10-2)3-6(7,8)9/h3H,4H2,1-2H3/q-1/b5-3+. The van der Waals surface area contributed by atoms with Gasteiger partial charge in [-0.05, 0) is 6.92 Å². The van der Waals surface area contributed by atoms with Gasteiger partial charge in [0, 0.05) is 7.11 Å². The van der Waals surface area contributed by atoms with E-state index in [-0.39, 0.29) is 12.2 Å². The highest BCUT2D eigenvalue weighted by molar-refractivity contribution is 6.64. The number of rotatable bonds is 3. The van der Waals surface area contributed by atoms with Gasteiger partial charge >= 0.3 is 6.98 Å². The number of methoxy groups -OCH3 is 1. The zero-order valence-corrected chi connectivity index (χ0v) is 5.90. The second-order valence-electron chi connectivity index (χ2n) is 2.07. The summed E-state index contributed by atoms with van der Waals surface area (Å²) < 4.78 is 39.2. The van der Waals surface area contributed by atoms with E-state index in [1.807, 2.05) is 0 Å². The van der Waals surface area contributed by atoms with Gasteiger partial charge in [0.2, 0.25) is 0 Å². The van der Waals surface area contributed by atoms with Crippen LogP contribution in [0.3, 0.4) is 0 Å². The Morgan fingerprint density at radius 2 is 2.00 bits per heavy atom. The smallest absolute Gasteiger partial charge is 0.445 e. The molecule has 0 radical (unpaired) electrons. The summed E-state index contributed by atoms with van der Waals surface area (Å²) in [6.07, 6.45) is 0. The number of hydrogen-bond acceptors (Lipinski definition) is 1. The monoisotopic (exact) mass is 153 g/mol.